The van der Waals surface area contributed by atoms with E-state index < -0.39 is 11.6 Å². The van der Waals surface area contributed by atoms with Crippen LogP contribution in [0.25, 0.3) is 10.9 Å². The van der Waals surface area contributed by atoms with Crippen molar-refractivity contribution in [2.24, 2.45) is 0 Å². The third-order valence-corrected chi connectivity index (χ3v) is 6.58. The van der Waals surface area contributed by atoms with E-state index in [4.69, 9.17) is 9.47 Å². The molecule has 2 fully saturated rings. The number of amides is 2. The maximum Gasteiger partial charge on any atom is 0.410 e. The van der Waals surface area contributed by atoms with Crippen LogP contribution in [0.4, 0.5) is 4.79 Å². The molecule has 1 aromatic carbocycles. The third-order valence-electron chi connectivity index (χ3n) is 6.58. The minimum Gasteiger partial charge on any atom is -0.497 e. The first kappa shape index (κ1) is 22.5. The Bertz CT molecular complexity index is 969. The maximum absolute atomic E-state index is 13.4. The molecule has 7 nitrogen and oxygen atoms in total. The fourth-order valence-corrected chi connectivity index (χ4v) is 4.94. The van der Waals surface area contributed by atoms with Gasteiger partial charge in [-0.15, -0.1) is 0 Å². The van der Waals surface area contributed by atoms with Gasteiger partial charge in [-0.3, -0.25) is 9.69 Å². The van der Waals surface area contributed by atoms with Gasteiger partial charge in [0.25, 0.3) is 0 Å². The van der Waals surface area contributed by atoms with Gasteiger partial charge in [0.15, 0.2) is 0 Å². The summed E-state index contributed by atoms with van der Waals surface area (Å²) in [6.45, 7) is 7.57. The van der Waals surface area contributed by atoms with Crippen LogP contribution in [0, 0.1) is 0 Å². The van der Waals surface area contributed by atoms with E-state index in [1.807, 2.05) is 37.8 Å². The van der Waals surface area contributed by atoms with E-state index in [1.54, 1.807) is 12.0 Å². The first-order valence-electron chi connectivity index (χ1n) is 11.7. The molecule has 2 aliphatic rings. The summed E-state index contributed by atoms with van der Waals surface area (Å²) in [6.07, 6.45) is 6.12. The van der Waals surface area contributed by atoms with Crippen LogP contribution in [0.2, 0.25) is 0 Å². The van der Waals surface area contributed by atoms with Crippen molar-refractivity contribution in [2.75, 3.05) is 26.7 Å². The van der Waals surface area contributed by atoms with Gasteiger partial charge in [0, 0.05) is 36.7 Å². The number of nitrogens with one attached hydrogen (secondary N) is 1. The molecule has 2 aliphatic heterocycles. The van der Waals surface area contributed by atoms with Crippen molar-refractivity contribution in [3.63, 3.8) is 0 Å². The van der Waals surface area contributed by atoms with Crippen molar-refractivity contribution in [3.05, 3.63) is 30.0 Å². The number of rotatable bonds is 3. The van der Waals surface area contributed by atoms with Crippen LogP contribution >= 0.6 is 0 Å². The Labute approximate surface area is 190 Å². The van der Waals surface area contributed by atoms with E-state index >= 15 is 0 Å². The Morgan fingerprint density at radius 2 is 1.81 bits per heavy atom. The third kappa shape index (κ3) is 4.71. The second kappa shape index (κ2) is 9.04. The average molecular weight is 442 g/mol. The van der Waals surface area contributed by atoms with Gasteiger partial charge in [-0.25, -0.2) is 4.79 Å². The van der Waals surface area contributed by atoms with Crippen LogP contribution in [0.1, 0.15) is 64.4 Å². The summed E-state index contributed by atoms with van der Waals surface area (Å²) >= 11 is 0. The van der Waals surface area contributed by atoms with Crippen LogP contribution in [0.5, 0.6) is 5.75 Å². The number of carbonyl (C=O) groups is 2. The zero-order chi connectivity index (χ0) is 22.9. The fourth-order valence-electron chi connectivity index (χ4n) is 4.94. The minimum absolute atomic E-state index is 0.0644. The number of hydrogen-bond acceptors (Lipinski definition) is 4. The molecule has 0 radical (unpaired) electrons. The number of aromatic nitrogens is 1. The topological polar surface area (TPSA) is 74.9 Å². The lowest BCUT2D eigenvalue weighted by atomic mass is 9.88. The second-order valence-corrected chi connectivity index (χ2v) is 9.94. The lowest BCUT2D eigenvalue weighted by molar-refractivity contribution is -0.139. The molecular formula is C25H35N3O4. The molecule has 0 saturated carbocycles. The number of ether oxygens (including phenoxy) is 2. The Hall–Kier alpha value is -2.70. The van der Waals surface area contributed by atoms with Crippen LogP contribution in [-0.4, -0.2) is 65.2 Å². The van der Waals surface area contributed by atoms with E-state index in [0.717, 1.165) is 36.9 Å². The molecule has 2 saturated heterocycles. The highest BCUT2D eigenvalue weighted by Gasteiger charge is 2.38. The number of likely N-dealkylation sites (tertiary alicyclic amines) is 2. The summed E-state index contributed by atoms with van der Waals surface area (Å²) in [7, 11) is 1.68. The quantitative estimate of drug-likeness (QED) is 0.751. The molecule has 1 N–H and O–H groups in total. The van der Waals surface area contributed by atoms with E-state index in [-0.39, 0.29) is 12.0 Å². The molecule has 2 amide bonds. The largest absolute Gasteiger partial charge is 0.497 e. The van der Waals surface area contributed by atoms with E-state index in [2.05, 4.69) is 17.2 Å². The number of hydrogen-bond donors (Lipinski definition) is 1. The normalized spacial score (nSPS) is 20.4. The number of nitrogens with zero attached hydrogens (tertiary/aromatic N) is 2. The van der Waals surface area contributed by atoms with Gasteiger partial charge < -0.3 is 19.4 Å². The first-order valence-corrected chi connectivity index (χ1v) is 11.7. The second-order valence-electron chi connectivity index (χ2n) is 9.94. The van der Waals surface area contributed by atoms with Gasteiger partial charge in [0.2, 0.25) is 5.91 Å². The average Bonchev–Trinajstić information content (AvgIpc) is 3.20. The predicted molar refractivity (Wildman–Crippen MR) is 124 cm³/mol. The summed E-state index contributed by atoms with van der Waals surface area (Å²) in [5, 5.41) is 1.19. The fraction of sp³-hybridized carbons (Fsp3) is 0.600. The molecule has 1 aromatic heterocycles. The van der Waals surface area contributed by atoms with Crippen LogP contribution in [-0.2, 0) is 9.53 Å². The highest BCUT2D eigenvalue weighted by molar-refractivity contribution is 5.87. The molecule has 0 bridgehead atoms. The van der Waals surface area contributed by atoms with Gasteiger partial charge in [-0.1, -0.05) is 0 Å². The van der Waals surface area contributed by atoms with Crippen molar-refractivity contribution in [3.8, 4) is 5.75 Å². The van der Waals surface area contributed by atoms with Crippen molar-refractivity contribution in [1.29, 1.82) is 0 Å². The summed E-state index contributed by atoms with van der Waals surface area (Å²) in [6, 6.07) is 5.68. The molecule has 4 rings (SSSR count). The molecule has 0 aliphatic carbocycles. The first-order chi connectivity index (χ1) is 15.3. The summed E-state index contributed by atoms with van der Waals surface area (Å²) in [5.74, 6) is 1.31. The smallest absolute Gasteiger partial charge is 0.410 e. The SMILES string of the molecule is COc1ccc2[nH]cc(C3CCN(C(=O)C4CCCCN4C(=O)OC(C)(C)C)CC3)c2c1. The van der Waals surface area contributed by atoms with Crippen LogP contribution in [0.15, 0.2) is 24.4 Å². The Morgan fingerprint density at radius 1 is 1.06 bits per heavy atom. The summed E-state index contributed by atoms with van der Waals surface area (Å²) < 4.78 is 11.0. The zero-order valence-electron chi connectivity index (χ0n) is 19.6. The number of piperidine rings is 2. The molecule has 1 unspecified atom stereocenters. The van der Waals surface area contributed by atoms with Gasteiger partial charge in [-0.2, -0.15) is 0 Å². The molecule has 7 heteroatoms. The molecule has 0 spiro atoms. The number of benzene rings is 1. The maximum atomic E-state index is 13.4. The van der Waals surface area contributed by atoms with E-state index in [0.29, 0.717) is 32.0 Å². The lowest BCUT2D eigenvalue weighted by Gasteiger charge is -2.40. The zero-order valence-corrected chi connectivity index (χ0v) is 19.6. The van der Waals surface area contributed by atoms with Crippen molar-refractivity contribution < 1.29 is 19.1 Å². The van der Waals surface area contributed by atoms with E-state index in [1.165, 1.54) is 10.9 Å². The van der Waals surface area contributed by atoms with Gasteiger partial charge in [0.1, 0.15) is 17.4 Å². The molecule has 2 aromatic rings. The Balaban J connectivity index is 1.42. The van der Waals surface area contributed by atoms with Crippen molar-refractivity contribution >= 4 is 22.9 Å². The lowest BCUT2D eigenvalue weighted by Crippen LogP contribution is -2.55. The highest BCUT2D eigenvalue weighted by Crippen LogP contribution is 2.35. The van der Waals surface area contributed by atoms with Crippen LogP contribution < -0.4 is 4.74 Å². The Morgan fingerprint density at radius 3 is 2.50 bits per heavy atom. The number of methoxy groups -OCH3 is 1. The summed E-state index contributed by atoms with van der Waals surface area (Å²) in [4.78, 5) is 33.0. The van der Waals surface area contributed by atoms with Crippen LogP contribution in [0.3, 0.4) is 0 Å². The van der Waals surface area contributed by atoms with E-state index in [9.17, 15) is 9.59 Å². The van der Waals surface area contributed by atoms with Gasteiger partial charge in [-0.05, 0) is 82.6 Å². The number of carbonyl (C=O) groups excluding carboxylic acids is 2. The van der Waals surface area contributed by atoms with Gasteiger partial charge >= 0.3 is 6.09 Å². The highest BCUT2D eigenvalue weighted by atomic mass is 16.6. The minimum atomic E-state index is -0.567. The molecule has 32 heavy (non-hydrogen) atoms. The van der Waals surface area contributed by atoms with Gasteiger partial charge in [0.05, 0.1) is 7.11 Å². The molecular weight excluding hydrogens is 406 g/mol. The van der Waals surface area contributed by atoms with Crippen molar-refractivity contribution in [2.45, 2.75) is 70.4 Å². The number of aromatic amines is 1. The predicted octanol–water partition coefficient (Wildman–Crippen LogP) is 4.67. The molecule has 1 atom stereocenters. The standard InChI is InChI=1S/C25H35N3O4/c1-25(2,3)32-24(30)28-12-6-5-7-22(28)23(29)27-13-10-17(11-14-27)20-16-26-21-9-8-18(31-4)15-19(20)21/h8-9,15-17,22,26H,5-7,10-14H2,1-4H3. The van der Waals surface area contributed by atoms with Crippen molar-refractivity contribution in [1.82, 2.24) is 14.8 Å². The number of fused-ring (bicyclic) bond motifs is 1. The molecule has 3 heterocycles. The number of H-pyrrole nitrogens is 1. The molecule has 174 valence electrons. The Kier molecular flexibility index (Phi) is 6.35. The summed E-state index contributed by atoms with van der Waals surface area (Å²) in [5.41, 5.74) is 1.83. The monoisotopic (exact) mass is 441 g/mol.